The predicted molar refractivity (Wildman–Crippen MR) is 179 cm³/mol. The lowest BCUT2D eigenvalue weighted by Crippen LogP contribution is -2.38. The molecule has 0 amide bonds. The number of hydrogen-bond donors (Lipinski definition) is 2. The second-order valence-electron chi connectivity index (χ2n) is 11.4. The molecule has 2 heterocycles. The van der Waals surface area contributed by atoms with Gasteiger partial charge in [0.05, 0.1) is 10.8 Å². The quantitative estimate of drug-likeness (QED) is 0.188. The highest BCUT2D eigenvalue weighted by Gasteiger charge is 2.41. The lowest BCUT2D eigenvalue weighted by Gasteiger charge is -2.33. The molecule has 0 saturated heterocycles. The summed E-state index contributed by atoms with van der Waals surface area (Å²) in [6, 6.07) is 24.8. The molecule has 46 heavy (non-hydrogen) atoms. The molecule has 0 fully saturated rings. The number of ether oxygens (including phenoxy) is 4. The number of ketones is 2. The predicted octanol–water partition coefficient (Wildman–Crippen LogP) is 7.24. The minimum absolute atomic E-state index is 0.0527. The number of rotatable bonds is 8. The fourth-order valence-corrected chi connectivity index (χ4v) is 7.84. The Balaban J connectivity index is 0.000000187. The average molecular weight is 661 g/mol. The van der Waals surface area contributed by atoms with Crippen molar-refractivity contribution in [3.8, 4) is 23.0 Å². The van der Waals surface area contributed by atoms with E-state index in [0.717, 1.165) is 32.2 Å². The van der Waals surface area contributed by atoms with Crippen LogP contribution < -0.4 is 9.47 Å². The molecule has 4 aromatic carbocycles. The Morgan fingerprint density at radius 2 is 1.04 bits per heavy atom. The van der Waals surface area contributed by atoms with Crippen molar-refractivity contribution in [3.05, 3.63) is 107 Å². The van der Waals surface area contributed by atoms with Crippen molar-refractivity contribution in [2.75, 3.05) is 39.3 Å². The van der Waals surface area contributed by atoms with Gasteiger partial charge in [0.2, 0.25) is 0 Å². The van der Waals surface area contributed by atoms with Gasteiger partial charge in [-0.1, -0.05) is 24.3 Å². The van der Waals surface area contributed by atoms with Gasteiger partial charge < -0.3 is 29.2 Å². The van der Waals surface area contributed by atoms with Crippen LogP contribution in [0.2, 0.25) is 0 Å². The van der Waals surface area contributed by atoms with Crippen molar-refractivity contribution in [2.45, 2.75) is 34.5 Å². The first-order valence-corrected chi connectivity index (χ1v) is 16.5. The molecule has 8 nitrogen and oxygen atoms in total. The molecule has 0 aromatic heterocycles. The van der Waals surface area contributed by atoms with Gasteiger partial charge in [-0.05, 0) is 85.6 Å². The zero-order valence-corrected chi connectivity index (χ0v) is 27.7. The number of carbonyl (C=O) groups is 2. The van der Waals surface area contributed by atoms with Crippen LogP contribution in [0, 0.1) is 0 Å². The maximum absolute atomic E-state index is 13.2. The van der Waals surface area contributed by atoms with Crippen molar-refractivity contribution < 1.29 is 38.7 Å². The van der Waals surface area contributed by atoms with E-state index in [4.69, 9.17) is 18.9 Å². The third-order valence-electron chi connectivity index (χ3n) is 8.13. The standard InChI is InChI=1S/C20H22O5S.C16H14O3S/c1-20(14-4-6-15(7-5-14)24-12-22-2)11-26-18-10-16(25-13-23-3)8-9-17(18)19(20)21;1-16(10-2-4-11(17)5-3-10)9-20-14-8-12(18)6-7-13(14)15(16)19/h4-10H,11-13H2,1-3H3;2-8,17-18H,9H2,1H3. The molecule has 2 aliphatic heterocycles. The van der Waals surface area contributed by atoms with Gasteiger partial charge in [-0.25, -0.2) is 0 Å². The van der Waals surface area contributed by atoms with Crippen LogP contribution in [0.5, 0.6) is 23.0 Å². The Kier molecular flexibility index (Phi) is 10.3. The van der Waals surface area contributed by atoms with E-state index in [9.17, 15) is 19.8 Å². The highest BCUT2D eigenvalue weighted by molar-refractivity contribution is 7.99. The Bertz CT molecular complexity index is 1710. The van der Waals surface area contributed by atoms with E-state index >= 15 is 0 Å². The van der Waals surface area contributed by atoms with Crippen LogP contribution in [0.1, 0.15) is 45.7 Å². The zero-order chi connectivity index (χ0) is 32.9. The van der Waals surface area contributed by atoms with E-state index in [0.29, 0.717) is 22.8 Å². The maximum Gasteiger partial charge on any atom is 0.188 e. The van der Waals surface area contributed by atoms with Gasteiger partial charge in [-0.15, -0.1) is 23.5 Å². The second kappa shape index (κ2) is 14.2. The summed E-state index contributed by atoms with van der Waals surface area (Å²) >= 11 is 3.24. The summed E-state index contributed by atoms with van der Waals surface area (Å²) in [5.74, 6) is 3.25. The average Bonchev–Trinajstić information content (AvgIpc) is 3.07. The molecular formula is C36H36O8S2. The Morgan fingerprint density at radius 3 is 1.59 bits per heavy atom. The SMILES string of the molecule is CC1(c2ccc(O)cc2)CSc2cc(O)ccc2C1=O.COCOc1ccc(C2(C)CSc3cc(OCOC)ccc3C2=O)cc1. The fraction of sp³-hybridized carbons (Fsp3) is 0.278. The monoisotopic (exact) mass is 660 g/mol. The largest absolute Gasteiger partial charge is 0.508 e. The molecule has 0 radical (unpaired) electrons. The Labute approximate surface area is 277 Å². The molecule has 0 bridgehead atoms. The van der Waals surface area contributed by atoms with Crippen molar-refractivity contribution in [3.63, 3.8) is 0 Å². The van der Waals surface area contributed by atoms with Crippen LogP contribution in [-0.2, 0) is 20.3 Å². The van der Waals surface area contributed by atoms with Gasteiger partial charge in [0.25, 0.3) is 0 Å². The number of thioether (sulfide) groups is 2. The van der Waals surface area contributed by atoms with Gasteiger partial charge in [-0.2, -0.15) is 0 Å². The van der Waals surface area contributed by atoms with Crippen LogP contribution in [0.15, 0.2) is 94.7 Å². The van der Waals surface area contributed by atoms with Crippen molar-refractivity contribution >= 4 is 35.1 Å². The van der Waals surface area contributed by atoms with E-state index < -0.39 is 10.8 Å². The van der Waals surface area contributed by atoms with Gasteiger partial charge in [-0.3, -0.25) is 9.59 Å². The summed E-state index contributed by atoms with van der Waals surface area (Å²) in [4.78, 5) is 27.7. The smallest absolute Gasteiger partial charge is 0.188 e. The number of phenolic OH excluding ortho intramolecular Hbond substituents is 2. The maximum atomic E-state index is 13.2. The van der Waals surface area contributed by atoms with E-state index in [1.807, 2.05) is 56.3 Å². The molecule has 2 N–H and O–H groups in total. The Hall–Kier alpha value is -3.96. The molecule has 6 rings (SSSR count). The molecule has 240 valence electrons. The lowest BCUT2D eigenvalue weighted by atomic mass is 9.77. The molecule has 2 unspecified atom stereocenters. The number of Topliss-reactive ketones (excluding diaryl/α,β-unsaturated/α-hetero) is 2. The zero-order valence-electron chi connectivity index (χ0n) is 26.1. The van der Waals surface area contributed by atoms with Crippen LogP contribution in [-0.4, -0.2) is 61.1 Å². The van der Waals surface area contributed by atoms with Crippen LogP contribution in [0.4, 0.5) is 0 Å². The highest BCUT2D eigenvalue weighted by atomic mass is 32.2. The van der Waals surface area contributed by atoms with Crippen LogP contribution >= 0.6 is 23.5 Å². The summed E-state index contributed by atoms with van der Waals surface area (Å²) in [6.45, 7) is 4.30. The summed E-state index contributed by atoms with van der Waals surface area (Å²) in [6.07, 6.45) is 0. The number of aromatic hydroxyl groups is 2. The second-order valence-corrected chi connectivity index (χ2v) is 13.4. The van der Waals surface area contributed by atoms with E-state index in [2.05, 4.69) is 0 Å². The summed E-state index contributed by atoms with van der Waals surface area (Å²) < 4.78 is 20.7. The first kappa shape index (κ1) is 33.4. The Morgan fingerprint density at radius 1 is 0.609 bits per heavy atom. The molecule has 2 atom stereocenters. The highest BCUT2D eigenvalue weighted by Crippen LogP contribution is 2.44. The number of phenols is 2. The van der Waals surface area contributed by atoms with Crippen LogP contribution in [0.3, 0.4) is 0 Å². The third kappa shape index (κ3) is 6.90. The van der Waals surface area contributed by atoms with Crippen molar-refractivity contribution in [2.24, 2.45) is 0 Å². The van der Waals surface area contributed by atoms with Crippen molar-refractivity contribution in [1.82, 2.24) is 0 Å². The third-order valence-corrected chi connectivity index (χ3v) is 10.9. The lowest BCUT2D eigenvalue weighted by molar-refractivity contribution is 0.0508. The molecular weight excluding hydrogens is 625 g/mol. The number of carbonyl (C=O) groups excluding carboxylic acids is 2. The fourth-order valence-electron chi connectivity index (χ4n) is 5.32. The molecule has 2 aliphatic rings. The van der Waals surface area contributed by atoms with E-state index in [-0.39, 0.29) is 36.7 Å². The number of benzene rings is 4. The normalized spacial score (nSPS) is 20.2. The molecule has 0 aliphatic carbocycles. The molecule has 0 saturated carbocycles. The molecule has 4 aromatic rings. The van der Waals surface area contributed by atoms with E-state index in [1.54, 1.807) is 80.2 Å². The minimum Gasteiger partial charge on any atom is -0.508 e. The summed E-state index contributed by atoms with van der Waals surface area (Å²) in [5.41, 5.74) is 2.06. The molecule has 0 spiro atoms. The summed E-state index contributed by atoms with van der Waals surface area (Å²) in [7, 11) is 3.16. The number of fused-ring (bicyclic) bond motifs is 2. The van der Waals surface area contributed by atoms with E-state index in [1.165, 1.54) is 0 Å². The van der Waals surface area contributed by atoms with Gasteiger partial charge >= 0.3 is 0 Å². The topological polar surface area (TPSA) is 112 Å². The first-order chi connectivity index (χ1) is 22.1. The first-order valence-electron chi connectivity index (χ1n) is 14.5. The number of methoxy groups -OCH3 is 2. The van der Waals surface area contributed by atoms with Gasteiger partial charge in [0.15, 0.2) is 25.2 Å². The van der Waals surface area contributed by atoms with Crippen LogP contribution in [0.25, 0.3) is 0 Å². The summed E-state index contributed by atoms with van der Waals surface area (Å²) in [5, 5.41) is 18.9. The van der Waals surface area contributed by atoms with Crippen molar-refractivity contribution in [1.29, 1.82) is 0 Å². The number of hydrogen-bond acceptors (Lipinski definition) is 10. The molecule has 10 heteroatoms. The van der Waals surface area contributed by atoms with Gasteiger partial charge in [0, 0.05) is 46.6 Å². The minimum atomic E-state index is -0.609. The van der Waals surface area contributed by atoms with Gasteiger partial charge in [0.1, 0.15) is 23.0 Å².